The zero-order valence-electron chi connectivity index (χ0n) is 5.11. The fourth-order valence-corrected chi connectivity index (χ4v) is 2.81. The molecule has 0 atom stereocenters. The Morgan fingerprint density at radius 3 is 2.14 bits per heavy atom. The number of hydrogen-bond acceptors (Lipinski definition) is 0. The van der Waals surface area contributed by atoms with E-state index < -0.39 is 0 Å². The van der Waals surface area contributed by atoms with Crippen LogP contribution in [0.25, 0.3) is 0 Å². The molecule has 0 unspecified atom stereocenters. The maximum atomic E-state index is 2.44. The van der Waals surface area contributed by atoms with Crippen LogP contribution in [-0.2, 0) is 0 Å². The average Bonchev–Trinajstić information content (AvgIpc) is 2.14. The maximum Gasteiger partial charge on any atom is 0.237 e. The van der Waals surface area contributed by atoms with Crippen LogP contribution < -0.4 is 0 Å². The van der Waals surface area contributed by atoms with Gasteiger partial charge >= 0.3 is 0 Å². The van der Waals surface area contributed by atoms with Crippen LogP contribution in [0, 0.1) is 0 Å². The second kappa shape index (κ2) is 2.75. The van der Waals surface area contributed by atoms with Crippen LogP contribution in [0.15, 0.2) is 0 Å². The molecule has 0 nitrogen and oxygen atoms in total. The molecule has 7 heavy (non-hydrogen) atoms. The molecule has 40 valence electrons. The highest BCUT2D eigenvalue weighted by molar-refractivity contribution is 6.35. The molecule has 0 aromatic carbocycles. The SMILES string of the molecule is [CH3][AlH][CH]1CCCC1. The zero-order valence-corrected chi connectivity index (χ0v) is 6.53. The minimum absolute atomic E-state index is 0.390. The average molecular weight is 112 g/mol. The lowest BCUT2D eigenvalue weighted by Crippen LogP contribution is -1.90. The van der Waals surface area contributed by atoms with Crippen molar-refractivity contribution in [3.63, 3.8) is 0 Å². The summed E-state index contributed by atoms with van der Waals surface area (Å²) >= 11 is 0.390. The van der Waals surface area contributed by atoms with Gasteiger partial charge in [0.15, 0.2) is 0 Å². The Hall–Kier alpha value is 0.532. The lowest BCUT2D eigenvalue weighted by atomic mass is 10.4. The van der Waals surface area contributed by atoms with E-state index in [1.165, 1.54) is 17.6 Å². The van der Waals surface area contributed by atoms with Gasteiger partial charge in [0, 0.05) is 0 Å². The summed E-state index contributed by atoms with van der Waals surface area (Å²) in [5.74, 6) is 2.44. The van der Waals surface area contributed by atoms with Crippen molar-refractivity contribution in [2.24, 2.45) is 0 Å². The predicted molar refractivity (Wildman–Crippen MR) is 35.2 cm³/mol. The summed E-state index contributed by atoms with van der Waals surface area (Å²) in [6, 6.07) is 0. The summed E-state index contributed by atoms with van der Waals surface area (Å²) in [5.41, 5.74) is 0. The third-order valence-corrected chi connectivity index (χ3v) is 4.02. The van der Waals surface area contributed by atoms with Gasteiger partial charge in [-0.05, 0) is 0 Å². The molecule has 1 saturated carbocycles. The molecule has 1 fully saturated rings. The Morgan fingerprint density at radius 2 is 1.86 bits per heavy atom. The molecule has 0 aliphatic heterocycles. The molecule has 1 rings (SSSR count). The zero-order chi connectivity index (χ0) is 5.11. The van der Waals surface area contributed by atoms with Crippen LogP contribution in [0.5, 0.6) is 0 Å². The van der Waals surface area contributed by atoms with E-state index in [4.69, 9.17) is 0 Å². The van der Waals surface area contributed by atoms with Gasteiger partial charge in [-0.2, -0.15) is 0 Å². The Kier molecular flexibility index (Phi) is 2.22. The van der Waals surface area contributed by atoms with Crippen molar-refractivity contribution in [1.29, 1.82) is 0 Å². The van der Waals surface area contributed by atoms with Crippen LogP contribution in [0.2, 0.25) is 10.6 Å². The topological polar surface area (TPSA) is 0 Å². The molecule has 0 heterocycles. The van der Waals surface area contributed by atoms with Gasteiger partial charge in [0.05, 0.1) is 0 Å². The first-order chi connectivity index (χ1) is 3.43. The van der Waals surface area contributed by atoms with E-state index in [1.807, 2.05) is 0 Å². The molecule has 0 radical (unpaired) electrons. The lowest BCUT2D eigenvalue weighted by Gasteiger charge is -1.97. The summed E-state index contributed by atoms with van der Waals surface area (Å²) < 4.78 is 1.24. The van der Waals surface area contributed by atoms with E-state index in [0.717, 1.165) is 0 Å². The predicted octanol–water partition coefficient (Wildman–Crippen LogP) is 1.83. The second-order valence-electron chi connectivity index (χ2n) is 2.56. The van der Waals surface area contributed by atoms with Crippen molar-refractivity contribution < 1.29 is 0 Å². The van der Waals surface area contributed by atoms with Crippen molar-refractivity contribution in [3.8, 4) is 0 Å². The van der Waals surface area contributed by atoms with E-state index in [0.29, 0.717) is 15.2 Å². The minimum atomic E-state index is 0.390. The first-order valence-corrected chi connectivity index (χ1v) is 5.66. The molecular weight excluding hydrogens is 99.0 g/mol. The van der Waals surface area contributed by atoms with Crippen LogP contribution in [-0.4, -0.2) is 15.2 Å². The van der Waals surface area contributed by atoms with Crippen molar-refractivity contribution in [1.82, 2.24) is 0 Å². The molecular formula is C6H13Al. The first-order valence-electron chi connectivity index (χ1n) is 3.43. The molecule has 0 N–H and O–H groups in total. The molecule has 1 heteroatoms. The molecule has 0 aromatic rings. The highest BCUT2D eigenvalue weighted by atomic mass is 27.1. The van der Waals surface area contributed by atoms with Gasteiger partial charge in [0.1, 0.15) is 0 Å². The standard InChI is InChI=1S/C5H9.CH3.Al.H/c1-2-4-5-3-1;;;/h1H,2-5H2;1H3;;. The van der Waals surface area contributed by atoms with Crippen LogP contribution in [0.4, 0.5) is 0 Å². The van der Waals surface area contributed by atoms with Gasteiger partial charge in [-0.3, -0.25) is 0 Å². The van der Waals surface area contributed by atoms with E-state index in [9.17, 15) is 0 Å². The Labute approximate surface area is 52.0 Å². The quantitative estimate of drug-likeness (QED) is 0.454. The number of rotatable bonds is 1. The Morgan fingerprint density at radius 1 is 1.29 bits per heavy atom. The van der Waals surface area contributed by atoms with Crippen LogP contribution >= 0.6 is 0 Å². The first kappa shape index (κ1) is 5.67. The van der Waals surface area contributed by atoms with Crippen molar-refractivity contribution >= 4 is 15.2 Å². The third-order valence-electron chi connectivity index (χ3n) is 2.05. The van der Waals surface area contributed by atoms with Gasteiger partial charge in [0.2, 0.25) is 15.2 Å². The molecule has 0 spiro atoms. The monoisotopic (exact) mass is 112 g/mol. The second-order valence-corrected chi connectivity index (χ2v) is 4.53. The normalized spacial score (nSPS) is 23.0. The van der Waals surface area contributed by atoms with Crippen molar-refractivity contribution in [3.05, 3.63) is 0 Å². The molecule has 1 aliphatic rings. The Balaban J connectivity index is 2.14. The fourth-order valence-electron chi connectivity index (χ4n) is 1.42. The van der Waals surface area contributed by atoms with Gasteiger partial charge in [-0.15, -0.1) is 5.79 Å². The third kappa shape index (κ3) is 1.48. The fraction of sp³-hybridized carbons (Fsp3) is 1.00. The molecule has 1 aliphatic carbocycles. The van der Waals surface area contributed by atoms with E-state index in [1.54, 1.807) is 12.8 Å². The largest absolute Gasteiger partial charge is 0.237 e. The highest BCUT2D eigenvalue weighted by Gasteiger charge is 2.12. The van der Waals surface area contributed by atoms with Crippen LogP contribution in [0.1, 0.15) is 25.7 Å². The van der Waals surface area contributed by atoms with Crippen molar-refractivity contribution in [2.75, 3.05) is 0 Å². The van der Waals surface area contributed by atoms with Crippen LogP contribution in [0.3, 0.4) is 0 Å². The summed E-state index contributed by atoms with van der Waals surface area (Å²) in [6.07, 6.45) is 6.21. The summed E-state index contributed by atoms with van der Waals surface area (Å²) in [4.78, 5) is 0. The maximum absolute atomic E-state index is 2.44. The molecule has 0 aromatic heterocycles. The lowest BCUT2D eigenvalue weighted by molar-refractivity contribution is 0.869. The van der Waals surface area contributed by atoms with Gasteiger partial charge in [0.25, 0.3) is 0 Å². The van der Waals surface area contributed by atoms with E-state index in [-0.39, 0.29) is 0 Å². The van der Waals surface area contributed by atoms with Gasteiger partial charge in [-0.25, -0.2) is 0 Å². The van der Waals surface area contributed by atoms with Gasteiger partial charge < -0.3 is 0 Å². The Bertz CT molecular complexity index is 46.1. The van der Waals surface area contributed by atoms with E-state index in [2.05, 4.69) is 5.79 Å². The highest BCUT2D eigenvalue weighted by Crippen LogP contribution is 2.28. The summed E-state index contributed by atoms with van der Waals surface area (Å²) in [7, 11) is 0. The van der Waals surface area contributed by atoms with Crippen molar-refractivity contribution in [2.45, 2.75) is 36.2 Å². The summed E-state index contributed by atoms with van der Waals surface area (Å²) in [5, 5.41) is 0. The molecule has 0 amide bonds. The molecule has 0 saturated heterocycles. The number of hydrogen-bond donors (Lipinski definition) is 0. The van der Waals surface area contributed by atoms with Gasteiger partial charge in [-0.1, -0.05) is 30.5 Å². The smallest absolute Gasteiger partial charge is 0.109 e. The minimum Gasteiger partial charge on any atom is -0.109 e. The molecule has 0 bridgehead atoms. The van der Waals surface area contributed by atoms with E-state index >= 15 is 0 Å². The summed E-state index contributed by atoms with van der Waals surface area (Å²) in [6.45, 7) is 0.